The molecule has 19 heavy (non-hydrogen) atoms. The lowest BCUT2D eigenvalue weighted by Gasteiger charge is -2.14. The van der Waals surface area contributed by atoms with Crippen molar-refractivity contribution in [2.45, 2.75) is 26.8 Å². The zero-order valence-corrected chi connectivity index (χ0v) is 11.4. The van der Waals surface area contributed by atoms with Gasteiger partial charge in [0.1, 0.15) is 5.76 Å². The van der Waals surface area contributed by atoms with E-state index in [1.165, 1.54) is 0 Å². The number of hydrogen-bond acceptors (Lipinski definition) is 3. The van der Waals surface area contributed by atoms with Crippen molar-refractivity contribution >= 4 is 11.6 Å². The van der Waals surface area contributed by atoms with Crippen LogP contribution in [0.1, 0.15) is 40.2 Å². The molecule has 1 aromatic carbocycles. The lowest BCUT2D eigenvalue weighted by Crippen LogP contribution is -2.27. The Hall–Kier alpha value is -2.23. The highest BCUT2D eigenvalue weighted by molar-refractivity contribution is 5.96. The van der Waals surface area contributed by atoms with Crippen LogP contribution in [0.3, 0.4) is 0 Å². The first-order valence-corrected chi connectivity index (χ1v) is 6.20. The minimum Gasteiger partial charge on any atom is -0.467 e. The minimum atomic E-state index is -0.176. The molecular weight excluding hydrogens is 240 g/mol. The van der Waals surface area contributed by atoms with Crippen LogP contribution in [-0.2, 0) is 0 Å². The van der Waals surface area contributed by atoms with Crippen molar-refractivity contribution in [2.24, 2.45) is 0 Å². The lowest BCUT2D eigenvalue weighted by atomic mass is 10.0. The Labute approximate surface area is 112 Å². The Kier molecular flexibility index (Phi) is 3.60. The number of carbonyl (C=O) groups excluding carboxylic acids is 1. The van der Waals surface area contributed by atoms with E-state index in [9.17, 15) is 4.79 Å². The molecular formula is C15H18N2O2. The van der Waals surface area contributed by atoms with Crippen LogP contribution in [0.25, 0.3) is 0 Å². The largest absolute Gasteiger partial charge is 0.467 e. The average molecular weight is 258 g/mol. The van der Waals surface area contributed by atoms with E-state index in [1.54, 1.807) is 18.4 Å². The molecule has 0 spiro atoms. The number of rotatable bonds is 3. The van der Waals surface area contributed by atoms with Gasteiger partial charge in [-0.1, -0.05) is 6.07 Å². The topological polar surface area (TPSA) is 68.3 Å². The van der Waals surface area contributed by atoms with E-state index >= 15 is 0 Å². The van der Waals surface area contributed by atoms with Crippen LogP contribution in [0.15, 0.2) is 34.9 Å². The van der Waals surface area contributed by atoms with E-state index in [0.29, 0.717) is 11.3 Å². The van der Waals surface area contributed by atoms with Crippen molar-refractivity contribution in [1.29, 1.82) is 0 Å². The minimum absolute atomic E-state index is 0.145. The van der Waals surface area contributed by atoms with Gasteiger partial charge in [-0.15, -0.1) is 0 Å². The van der Waals surface area contributed by atoms with Gasteiger partial charge in [-0.25, -0.2) is 0 Å². The summed E-state index contributed by atoms with van der Waals surface area (Å²) in [6, 6.07) is 7.09. The molecule has 0 saturated heterocycles. The first-order valence-electron chi connectivity index (χ1n) is 6.20. The SMILES string of the molecule is Cc1cc(C)c(C(=O)NC(C)c2ccco2)cc1N. The third kappa shape index (κ3) is 2.78. The number of carbonyl (C=O) groups is 1. The van der Waals surface area contributed by atoms with Crippen LogP contribution in [-0.4, -0.2) is 5.91 Å². The van der Waals surface area contributed by atoms with Crippen LogP contribution < -0.4 is 11.1 Å². The maximum Gasteiger partial charge on any atom is 0.252 e. The highest BCUT2D eigenvalue weighted by Gasteiger charge is 2.15. The van der Waals surface area contributed by atoms with E-state index in [1.807, 2.05) is 32.9 Å². The van der Waals surface area contributed by atoms with Crippen molar-refractivity contribution in [2.75, 3.05) is 5.73 Å². The van der Waals surface area contributed by atoms with Crippen molar-refractivity contribution in [3.63, 3.8) is 0 Å². The van der Waals surface area contributed by atoms with E-state index in [-0.39, 0.29) is 11.9 Å². The fourth-order valence-electron chi connectivity index (χ4n) is 2.00. The predicted octanol–water partition coefficient (Wildman–Crippen LogP) is 2.97. The molecule has 0 fully saturated rings. The second kappa shape index (κ2) is 5.18. The highest BCUT2D eigenvalue weighted by atomic mass is 16.3. The molecule has 2 rings (SSSR count). The van der Waals surface area contributed by atoms with E-state index < -0.39 is 0 Å². The summed E-state index contributed by atoms with van der Waals surface area (Å²) in [4.78, 5) is 12.2. The second-order valence-corrected chi connectivity index (χ2v) is 4.73. The standard InChI is InChI=1S/C15H18N2O2/c1-9-7-10(2)13(16)8-12(9)15(18)17-11(3)14-5-4-6-19-14/h4-8,11H,16H2,1-3H3,(H,17,18). The number of benzene rings is 1. The number of anilines is 1. The molecule has 1 atom stereocenters. The number of nitrogens with two attached hydrogens (primary N) is 1. The van der Waals surface area contributed by atoms with Crippen LogP contribution in [0.5, 0.6) is 0 Å². The quantitative estimate of drug-likeness (QED) is 0.832. The van der Waals surface area contributed by atoms with E-state index in [4.69, 9.17) is 10.2 Å². The Morgan fingerprint density at radius 1 is 1.32 bits per heavy atom. The number of amides is 1. The Morgan fingerprint density at radius 3 is 2.68 bits per heavy atom. The van der Waals surface area contributed by atoms with Gasteiger partial charge in [0.05, 0.1) is 12.3 Å². The molecule has 0 aliphatic carbocycles. The lowest BCUT2D eigenvalue weighted by molar-refractivity contribution is 0.0935. The van der Waals surface area contributed by atoms with Gasteiger partial charge in [0.15, 0.2) is 0 Å². The van der Waals surface area contributed by atoms with E-state index in [0.717, 1.165) is 16.9 Å². The van der Waals surface area contributed by atoms with Gasteiger partial charge in [-0.05, 0) is 50.1 Å². The number of aryl methyl sites for hydroxylation is 2. The van der Waals surface area contributed by atoms with Crippen molar-refractivity contribution < 1.29 is 9.21 Å². The van der Waals surface area contributed by atoms with Gasteiger partial charge in [0.2, 0.25) is 0 Å². The zero-order valence-electron chi connectivity index (χ0n) is 11.4. The third-order valence-electron chi connectivity index (χ3n) is 3.18. The van der Waals surface area contributed by atoms with Gasteiger partial charge < -0.3 is 15.5 Å². The molecule has 4 nitrogen and oxygen atoms in total. The van der Waals surface area contributed by atoms with Crippen LogP contribution >= 0.6 is 0 Å². The van der Waals surface area contributed by atoms with Crippen LogP contribution in [0.4, 0.5) is 5.69 Å². The fourth-order valence-corrected chi connectivity index (χ4v) is 2.00. The smallest absolute Gasteiger partial charge is 0.252 e. The molecule has 0 bridgehead atoms. The van der Waals surface area contributed by atoms with Gasteiger partial charge in [-0.3, -0.25) is 4.79 Å². The highest BCUT2D eigenvalue weighted by Crippen LogP contribution is 2.19. The van der Waals surface area contributed by atoms with Gasteiger partial charge >= 0.3 is 0 Å². The number of nitrogens with one attached hydrogen (secondary N) is 1. The molecule has 0 saturated carbocycles. The summed E-state index contributed by atoms with van der Waals surface area (Å²) >= 11 is 0. The maximum absolute atomic E-state index is 12.2. The molecule has 0 radical (unpaired) electrons. The zero-order chi connectivity index (χ0) is 14.0. The van der Waals surface area contributed by atoms with Gasteiger partial charge in [0.25, 0.3) is 5.91 Å². The Bertz CT molecular complexity index is 588. The Balaban J connectivity index is 2.19. The van der Waals surface area contributed by atoms with Gasteiger partial charge in [0, 0.05) is 11.3 Å². The van der Waals surface area contributed by atoms with Crippen molar-refractivity contribution in [3.8, 4) is 0 Å². The molecule has 2 aromatic rings. The predicted molar refractivity (Wildman–Crippen MR) is 74.9 cm³/mol. The molecule has 1 unspecified atom stereocenters. The monoisotopic (exact) mass is 258 g/mol. The first-order chi connectivity index (χ1) is 8.99. The molecule has 1 amide bonds. The molecule has 0 aliphatic rings. The normalized spacial score (nSPS) is 12.2. The van der Waals surface area contributed by atoms with Crippen molar-refractivity contribution in [1.82, 2.24) is 5.32 Å². The Morgan fingerprint density at radius 2 is 2.05 bits per heavy atom. The van der Waals surface area contributed by atoms with E-state index in [2.05, 4.69) is 5.32 Å². The third-order valence-corrected chi connectivity index (χ3v) is 3.18. The number of nitrogen functional groups attached to an aromatic ring is 1. The molecule has 100 valence electrons. The van der Waals surface area contributed by atoms with Crippen molar-refractivity contribution in [3.05, 3.63) is 53.0 Å². The molecule has 3 N–H and O–H groups in total. The summed E-state index contributed by atoms with van der Waals surface area (Å²) in [5.41, 5.74) is 8.97. The van der Waals surface area contributed by atoms with Crippen LogP contribution in [0.2, 0.25) is 0 Å². The summed E-state index contributed by atoms with van der Waals surface area (Å²) in [6.07, 6.45) is 1.59. The summed E-state index contributed by atoms with van der Waals surface area (Å²) in [5, 5.41) is 2.90. The second-order valence-electron chi connectivity index (χ2n) is 4.73. The maximum atomic E-state index is 12.2. The summed E-state index contributed by atoms with van der Waals surface area (Å²) < 4.78 is 5.27. The van der Waals surface area contributed by atoms with Crippen LogP contribution in [0, 0.1) is 13.8 Å². The average Bonchev–Trinajstić information content (AvgIpc) is 2.87. The molecule has 4 heteroatoms. The summed E-state index contributed by atoms with van der Waals surface area (Å²) in [6.45, 7) is 5.71. The number of hydrogen-bond donors (Lipinski definition) is 2. The summed E-state index contributed by atoms with van der Waals surface area (Å²) in [7, 11) is 0. The molecule has 1 aromatic heterocycles. The van der Waals surface area contributed by atoms with Gasteiger partial charge in [-0.2, -0.15) is 0 Å². The molecule has 0 aliphatic heterocycles. The fraction of sp³-hybridized carbons (Fsp3) is 0.267. The first kappa shape index (κ1) is 13.2. The number of furan rings is 1. The summed E-state index contributed by atoms with van der Waals surface area (Å²) in [5.74, 6) is 0.583. The molecule has 1 heterocycles.